The third-order valence-corrected chi connectivity index (χ3v) is 5.87. The van der Waals surface area contributed by atoms with Crippen LogP contribution in [0.25, 0.3) is 0 Å². The Hall–Kier alpha value is -3.67. The van der Waals surface area contributed by atoms with Crippen LogP contribution in [-0.2, 0) is 9.53 Å². The molecular formula is C25H22O6. The van der Waals surface area contributed by atoms with Crippen LogP contribution in [0.15, 0.2) is 66.7 Å². The zero-order valence-corrected chi connectivity index (χ0v) is 17.2. The second kappa shape index (κ2) is 7.87. The highest BCUT2D eigenvalue weighted by molar-refractivity contribution is 5.77. The number of rotatable bonds is 4. The fraction of sp³-hybridized carbons (Fsp3) is 0.240. The van der Waals surface area contributed by atoms with Crippen molar-refractivity contribution in [3.8, 4) is 23.0 Å². The lowest BCUT2D eigenvalue weighted by Crippen LogP contribution is -2.36. The molecule has 6 nitrogen and oxygen atoms in total. The molecule has 0 N–H and O–H groups in total. The smallest absolute Gasteiger partial charge is 0.313 e. The van der Waals surface area contributed by atoms with Crippen LogP contribution in [0.3, 0.4) is 0 Å². The van der Waals surface area contributed by atoms with Crippen LogP contribution in [0, 0.1) is 5.92 Å². The highest BCUT2D eigenvalue weighted by atomic mass is 16.7. The largest absolute Gasteiger partial charge is 0.497 e. The molecule has 2 heterocycles. The second-order valence-electron chi connectivity index (χ2n) is 7.49. The van der Waals surface area contributed by atoms with E-state index in [4.69, 9.17) is 23.7 Å². The van der Waals surface area contributed by atoms with Crippen molar-refractivity contribution in [3.05, 3.63) is 83.4 Å². The highest BCUT2D eigenvalue weighted by Gasteiger charge is 2.45. The molecule has 31 heavy (non-hydrogen) atoms. The lowest BCUT2D eigenvalue weighted by molar-refractivity contribution is -0.150. The summed E-state index contributed by atoms with van der Waals surface area (Å²) in [6.07, 6.45) is -0.552. The maximum absolute atomic E-state index is 13.1. The summed E-state index contributed by atoms with van der Waals surface area (Å²) in [5, 5.41) is 0. The molecule has 0 aliphatic carbocycles. The Morgan fingerprint density at radius 2 is 1.61 bits per heavy atom. The van der Waals surface area contributed by atoms with Gasteiger partial charge in [0.15, 0.2) is 11.5 Å². The van der Waals surface area contributed by atoms with Crippen LogP contribution in [0.5, 0.6) is 23.0 Å². The first-order valence-corrected chi connectivity index (χ1v) is 10.1. The molecule has 6 heteroatoms. The van der Waals surface area contributed by atoms with Crippen LogP contribution in [0.2, 0.25) is 0 Å². The van der Waals surface area contributed by atoms with Crippen molar-refractivity contribution in [2.24, 2.45) is 5.92 Å². The van der Waals surface area contributed by atoms with Gasteiger partial charge in [-0.15, -0.1) is 0 Å². The summed E-state index contributed by atoms with van der Waals surface area (Å²) in [6.45, 7) is 0.183. The minimum absolute atomic E-state index is 0.183. The molecule has 0 fully saturated rings. The molecule has 0 radical (unpaired) electrons. The fourth-order valence-corrected chi connectivity index (χ4v) is 4.38. The normalized spacial score (nSPS) is 21.0. The number of hydrogen-bond donors (Lipinski definition) is 0. The Morgan fingerprint density at radius 1 is 0.871 bits per heavy atom. The van der Waals surface area contributed by atoms with E-state index in [1.165, 1.54) is 7.11 Å². The van der Waals surface area contributed by atoms with Crippen molar-refractivity contribution in [2.45, 2.75) is 12.0 Å². The number of hydrogen-bond acceptors (Lipinski definition) is 6. The minimum Gasteiger partial charge on any atom is -0.497 e. The Kier molecular flexibility index (Phi) is 4.90. The van der Waals surface area contributed by atoms with Gasteiger partial charge in [0.05, 0.1) is 14.2 Å². The van der Waals surface area contributed by atoms with Gasteiger partial charge < -0.3 is 23.7 Å². The predicted molar refractivity (Wildman–Crippen MR) is 113 cm³/mol. The number of benzene rings is 3. The molecule has 0 aromatic heterocycles. The van der Waals surface area contributed by atoms with Crippen LogP contribution in [0.1, 0.15) is 28.7 Å². The average Bonchev–Trinajstić information content (AvgIpc) is 3.30. The van der Waals surface area contributed by atoms with Crippen LogP contribution < -0.4 is 18.9 Å². The van der Waals surface area contributed by atoms with Crippen LogP contribution in [-0.4, -0.2) is 27.0 Å². The maximum atomic E-state index is 13.1. The van der Waals surface area contributed by atoms with Crippen molar-refractivity contribution < 1.29 is 28.5 Å². The summed E-state index contributed by atoms with van der Waals surface area (Å²) < 4.78 is 27.9. The quantitative estimate of drug-likeness (QED) is 0.582. The SMILES string of the molecule is COC(=O)C1C(c2ccc3c(c2)OCO3)Oc2ccccc2C1c1ccc(OC)cc1. The fourth-order valence-electron chi connectivity index (χ4n) is 4.38. The van der Waals surface area contributed by atoms with E-state index in [1.54, 1.807) is 7.11 Å². The monoisotopic (exact) mass is 418 g/mol. The lowest BCUT2D eigenvalue weighted by atomic mass is 9.74. The van der Waals surface area contributed by atoms with Gasteiger partial charge in [0.2, 0.25) is 6.79 Å². The molecule has 3 aromatic carbocycles. The first-order chi connectivity index (χ1) is 15.2. The van der Waals surface area contributed by atoms with Gasteiger partial charge in [0.1, 0.15) is 23.5 Å². The number of fused-ring (bicyclic) bond motifs is 2. The summed E-state index contributed by atoms with van der Waals surface area (Å²) in [5.41, 5.74) is 2.76. The van der Waals surface area contributed by atoms with E-state index in [9.17, 15) is 4.79 Å². The highest BCUT2D eigenvalue weighted by Crippen LogP contribution is 2.50. The number of carbonyl (C=O) groups excluding carboxylic acids is 1. The number of para-hydroxylation sites is 1. The first kappa shape index (κ1) is 19.3. The third kappa shape index (κ3) is 3.34. The molecule has 2 aliphatic rings. The summed E-state index contributed by atoms with van der Waals surface area (Å²) in [4.78, 5) is 13.1. The molecule has 158 valence electrons. The Bertz CT molecular complexity index is 1110. The average molecular weight is 418 g/mol. The molecule has 5 rings (SSSR count). The van der Waals surface area contributed by atoms with E-state index < -0.39 is 12.0 Å². The molecule has 2 aliphatic heterocycles. The molecule has 0 bridgehead atoms. The minimum atomic E-state index is -0.589. The van der Waals surface area contributed by atoms with Crippen molar-refractivity contribution in [3.63, 3.8) is 0 Å². The van der Waals surface area contributed by atoms with Gasteiger partial charge in [-0.2, -0.15) is 0 Å². The summed E-state index contributed by atoms with van der Waals surface area (Å²) in [7, 11) is 3.04. The van der Waals surface area contributed by atoms with Gasteiger partial charge in [0.25, 0.3) is 0 Å². The Morgan fingerprint density at radius 3 is 2.39 bits per heavy atom. The second-order valence-corrected chi connectivity index (χ2v) is 7.49. The van der Waals surface area contributed by atoms with E-state index in [0.717, 1.165) is 28.2 Å². The van der Waals surface area contributed by atoms with E-state index in [-0.39, 0.29) is 18.7 Å². The maximum Gasteiger partial charge on any atom is 0.313 e. The topological polar surface area (TPSA) is 63.2 Å². The zero-order valence-electron chi connectivity index (χ0n) is 17.2. The van der Waals surface area contributed by atoms with Gasteiger partial charge in [-0.3, -0.25) is 4.79 Å². The number of esters is 1. The van der Waals surface area contributed by atoms with Crippen molar-refractivity contribution in [2.75, 3.05) is 21.0 Å². The standard InChI is InChI=1S/C25H22O6/c1-27-17-10-7-15(8-11-17)22-18-5-3-4-6-19(18)31-24(23(22)25(26)28-2)16-9-12-20-21(13-16)30-14-29-20/h3-13,22-24H,14H2,1-2H3. The van der Waals surface area contributed by atoms with Crippen molar-refractivity contribution >= 4 is 5.97 Å². The first-order valence-electron chi connectivity index (χ1n) is 10.1. The number of ether oxygens (including phenoxy) is 5. The van der Waals surface area contributed by atoms with E-state index >= 15 is 0 Å². The number of methoxy groups -OCH3 is 2. The summed E-state index contributed by atoms with van der Waals surface area (Å²) in [6, 6.07) is 21.2. The summed E-state index contributed by atoms with van der Waals surface area (Å²) in [5.74, 6) is 1.65. The van der Waals surface area contributed by atoms with Gasteiger partial charge in [0, 0.05) is 11.5 Å². The van der Waals surface area contributed by atoms with Crippen molar-refractivity contribution in [1.82, 2.24) is 0 Å². The van der Waals surface area contributed by atoms with Gasteiger partial charge in [-0.25, -0.2) is 0 Å². The van der Waals surface area contributed by atoms with Crippen LogP contribution in [0.4, 0.5) is 0 Å². The summed E-state index contributed by atoms with van der Waals surface area (Å²) >= 11 is 0. The molecular weight excluding hydrogens is 396 g/mol. The Labute approximate surface area is 180 Å². The van der Waals surface area contributed by atoms with Crippen molar-refractivity contribution in [1.29, 1.82) is 0 Å². The van der Waals surface area contributed by atoms with Crippen LogP contribution >= 0.6 is 0 Å². The lowest BCUT2D eigenvalue weighted by Gasteiger charge is -2.38. The molecule has 0 saturated carbocycles. The number of carbonyl (C=O) groups is 1. The molecule has 3 unspecified atom stereocenters. The van der Waals surface area contributed by atoms with Gasteiger partial charge in [-0.1, -0.05) is 36.4 Å². The predicted octanol–water partition coefficient (Wildman–Crippen LogP) is 4.48. The zero-order chi connectivity index (χ0) is 21.4. The van der Waals surface area contributed by atoms with E-state index in [1.807, 2.05) is 66.7 Å². The molecule has 0 saturated heterocycles. The molecule has 0 spiro atoms. The van der Waals surface area contributed by atoms with Gasteiger partial charge >= 0.3 is 5.97 Å². The van der Waals surface area contributed by atoms with E-state index in [2.05, 4.69) is 0 Å². The third-order valence-electron chi connectivity index (χ3n) is 5.87. The van der Waals surface area contributed by atoms with Gasteiger partial charge in [-0.05, 0) is 41.5 Å². The van der Waals surface area contributed by atoms with E-state index in [0.29, 0.717) is 11.5 Å². The molecule has 0 amide bonds. The Balaban J connectivity index is 1.66. The molecule has 3 aromatic rings. The molecule has 3 atom stereocenters.